The van der Waals surface area contributed by atoms with E-state index in [-0.39, 0.29) is 6.04 Å². The standard InChI is InChI=1S/C5H8N2O2S/c8-5(9)7-3-1-4(10)6-2-3/h3,7H,1-2H2,(H,6,10)(H,8,9). The van der Waals surface area contributed by atoms with E-state index in [0.717, 1.165) is 4.99 Å². The van der Waals surface area contributed by atoms with Crippen LogP contribution in [0.4, 0.5) is 4.79 Å². The van der Waals surface area contributed by atoms with Crippen LogP contribution in [0.15, 0.2) is 0 Å². The van der Waals surface area contributed by atoms with Gasteiger partial charge in [-0.05, 0) is 0 Å². The molecule has 0 spiro atoms. The molecule has 1 fully saturated rings. The van der Waals surface area contributed by atoms with Crippen molar-refractivity contribution in [1.29, 1.82) is 0 Å². The van der Waals surface area contributed by atoms with Crippen LogP contribution in [0.5, 0.6) is 0 Å². The first-order valence-electron chi connectivity index (χ1n) is 2.94. The van der Waals surface area contributed by atoms with Crippen molar-refractivity contribution in [3.63, 3.8) is 0 Å². The molecule has 3 N–H and O–H groups in total. The number of hydrogen-bond acceptors (Lipinski definition) is 2. The van der Waals surface area contributed by atoms with Gasteiger partial charge in [-0.2, -0.15) is 0 Å². The minimum atomic E-state index is -0.989. The average molecular weight is 160 g/mol. The number of hydrogen-bond donors (Lipinski definition) is 3. The topological polar surface area (TPSA) is 61.4 Å². The molecule has 1 aliphatic rings. The van der Waals surface area contributed by atoms with Crippen molar-refractivity contribution >= 4 is 23.3 Å². The highest BCUT2D eigenvalue weighted by Gasteiger charge is 2.19. The molecular weight excluding hydrogens is 152 g/mol. The highest BCUT2D eigenvalue weighted by Crippen LogP contribution is 1.99. The number of thiocarbonyl (C=S) groups is 1. The predicted octanol–water partition coefficient (Wildman–Crippen LogP) is -0.0567. The number of carbonyl (C=O) groups is 1. The Kier molecular flexibility index (Phi) is 2.06. The summed E-state index contributed by atoms with van der Waals surface area (Å²) in [5.41, 5.74) is 0. The van der Waals surface area contributed by atoms with Gasteiger partial charge in [0.05, 0.1) is 11.0 Å². The Hall–Kier alpha value is -0.840. The van der Waals surface area contributed by atoms with Gasteiger partial charge in [0.2, 0.25) is 0 Å². The first-order chi connectivity index (χ1) is 4.68. The maximum absolute atomic E-state index is 10.1. The van der Waals surface area contributed by atoms with E-state index in [0.29, 0.717) is 13.0 Å². The lowest BCUT2D eigenvalue weighted by Gasteiger charge is -2.04. The third-order valence-electron chi connectivity index (χ3n) is 1.31. The molecule has 5 heteroatoms. The molecule has 1 aliphatic heterocycles. The molecule has 0 aromatic rings. The summed E-state index contributed by atoms with van der Waals surface area (Å²) in [4.78, 5) is 10.8. The fourth-order valence-electron chi connectivity index (χ4n) is 0.882. The monoisotopic (exact) mass is 160 g/mol. The average Bonchev–Trinajstić information content (AvgIpc) is 2.13. The third kappa shape index (κ3) is 1.84. The second-order valence-electron chi connectivity index (χ2n) is 2.15. The highest BCUT2D eigenvalue weighted by atomic mass is 32.1. The van der Waals surface area contributed by atoms with Gasteiger partial charge in [0.1, 0.15) is 0 Å². The summed E-state index contributed by atoms with van der Waals surface area (Å²) in [6.07, 6.45) is -0.363. The lowest BCUT2D eigenvalue weighted by Crippen LogP contribution is -2.34. The van der Waals surface area contributed by atoms with Gasteiger partial charge >= 0.3 is 6.09 Å². The van der Waals surface area contributed by atoms with E-state index in [4.69, 9.17) is 17.3 Å². The second kappa shape index (κ2) is 2.83. The summed E-state index contributed by atoms with van der Waals surface area (Å²) in [7, 11) is 0. The Bertz CT molecular complexity index is 171. The summed E-state index contributed by atoms with van der Waals surface area (Å²) in [6, 6.07) is -0.0370. The van der Waals surface area contributed by atoms with Crippen LogP contribution in [-0.4, -0.2) is 28.8 Å². The fraction of sp³-hybridized carbons (Fsp3) is 0.600. The molecule has 1 saturated heterocycles. The Balaban J connectivity index is 2.31. The molecular formula is C5H8N2O2S. The smallest absolute Gasteiger partial charge is 0.404 e. The number of carboxylic acid groups (broad SMARTS) is 1. The molecule has 0 aliphatic carbocycles. The maximum Gasteiger partial charge on any atom is 0.404 e. The van der Waals surface area contributed by atoms with Gasteiger partial charge in [-0.15, -0.1) is 0 Å². The molecule has 0 aromatic heterocycles. The Morgan fingerprint density at radius 3 is 3.00 bits per heavy atom. The normalized spacial score (nSPS) is 24.0. The third-order valence-corrected chi connectivity index (χ3v) is 1.62. The number of nitrogens with one attached hydrogen (secondary N) is 2. The van der Waals surface area contributed by atoms with Gasteiger partial charge in [0.15, 0.2) is 0 Å². The van der Waals surface area contributed by atoms with Crippen LogP contribution in [-0.2, 0) is 0 Å². The van der Waals surface area contributed by atoms with E-state index in [9.17, 15) is 4.79 Å². The molecule has 0 bridgehead atoms. The van der Waals surface area contributed by atoms with Crippen molar-refractivity contribution in [1.82, 2.24) is 10.6 Å². The van der Waals surface area contributed by atoms with Crippen LogP contribution in [0.1, 0.15) is 6.42 Å². The maximum atomic E-state index is 10.1. The zero-order valence-corrected chi connectivity index (χ0v) is 6.07. The molecule has 4 nitrogen and oxygen atoms in total. The summed E-state index contributed by atoms with van der Waals surface area (Å²) >= 11 is 4.80. The van der Waals surface area contributed by atoms with Crippen LogP contribution < -0.4 is 10.6 Å². The van der Waals surface area contributed by atoms with Crippen molar-refractivity contribution in [3.8, 4) is 0 Å². The summed E-state index contributed by atoms with van der Waals surface area (Å²) in [6.45, 7) is 0.616. The van der Waals surface area contributed by atoms with Gasteiger partial charge in [-0.1, -0.05) is 12.2 Å². The molecule has 10 heavy (non-hydrogen) atoms. The van der Waals surface area contributed by atoms with E-state index in [1.807, 2.05) is 0 Å². The minimum Gasteiger partial charge on any atom is -0.465 e. The van der Waals surface area contributed by atoms with Crippen molar-refractivity contribution in [2.45, 2.75) is 12.5 Å². The first-order valence-corrected chi connectivity index (χ1v) is 3.35. The fourth-order valence-corrected chi connectivity index (χ4v) is 1.17. The van der Waals surface area contributed by atoms with E-state index >= 15 is 0 Å². The number of rotatable bonds is 1. The van der Waals surface area contributed by atoms with Gasteiger partial charge in [-0.25, -0.2) is 4.79 Å². The lowest BCUT2D eigenvalue weighted by atomic mass is 10.3. The van der Waals surface area contributed by atoms with Gasteiger partial charge in [-0.3, -0.25) is 0 Å². The van der Waals surface area contributed by atoms with Crippen LogP contribution >= 0.6 is 12.2 Å². The van der Waals surface area contributed by atoms with E-state index in [1.165, 1.54) is 0 Å². The Labute approximate surface area is 63.6 Å². The predicted molar refractivity (Wildman–Crippen MR) is 40.2 cm³/mol. The zero-order chi connectivity index (χ0) is 7.56. The number of amides is 1. The largest absolute Gasteiger partial charge is 0.465 e. The summed E-state index contributed by atoms with van der Waals surface area (Å²) in [5, 5.41) is 13.5. The molecule has 1 atom stereocenters. The van der Waals surface area contributed by atoms with Gasteiger partial charge in [0, 0.05) is 13.0 Å². The second-order valence-corrected chi connectivity index (χ2v) is 2.65. The Morgan fingerprint density at radius 2 is 2.60 bits per heavy atom. The van der Waals surface area contributed by atoms with E-state index in [2.05, 4.69) is 10.6 Å². The minimum absolute atomic E-state index is 0.0370. The van der Waals surface area contributed by atoms with Gasteiger partial charge < -0.3 is 15.7 Å². The van der Waals surface area contributed by atoms with Crippen LogP contribution in [0, 0.1) is 0 Å². The first kappa shape index (κ1) is 7.27. The SMILES string of the molecule is O=C(O)NC1CNC(=S)C1. The lowest BCUT2D eigenvalue weighted by molar-refractivity contribution is 0.191. The van der Waals surface area contributed by atoms with Crippen LogP contribution in [0.25, 0.3) is 0 Å². The molecule has 0 saturated carbocycles. The van der Waals surface area contributed by atoms with Crippen LogP contribution in [0.3, 0.4) is 0 Å². The van der Waals surface area contributed by atoms with E-state index in [1.54, 1.807) is 0 Å². The summed E-state index contributed by atoms with van der Waals surface area (Å²) in [5.74, 6) is 0. The van der Waals surface area contributed by atoms with Crippen molar-refractivity contribution in [2.24, 2.45) is 0 Å². The van der Waals surface area contributed by atoms with Crippen molar-refractivity contribution in [3.05, 3.63) is 0 Å². The quantitative estimate of drug-likeness (QED) is 0.470. The van der Waals surface area contributed by atoms with Gasteiger partial charge in [0.25, 0.3) is 0 Å². The van der Waals surface area contributed by atoms with Crippen molar-refractivity contribution < 1.29 is 9.90 Å². The molecule has 1 unspecified atom stereocenters. The highest BCUT2D eigenvalue weighted by molar-refractivity contribution is 7.80. The van der Waals surface area contributed by atoms with Crippen LogP contribution in [0.2, 0.25) is 0 Å². The van der Waals surface area contributed by atoms with Crippen molar-refractivity contribution in [2.75, 3.05) is 6.54 Å². The molecule has 1 rings (SSSR count). The zero-order valence-electron chi connectivity index (χ0n) is 5.26. The molecule has 0 aromatic carbocycles. The Morgan fingerprint density at radius 1 is 1.90 bits per heavy atom. The molecule has 0 radical (unpaired) electrons. The molecule has 56 valence electrons. The van der Waals surface area contributed by atoms with E-state index < -0.39 is 6.09 Å². The molecule has 1 amide bonds. The molecule has 1 heterocycles. The summed E-state index contributed by atoms with van der Waals surface area (Å²) < 4.78 is 0.